The first-order valence-corrected chi connectivity index (χ1v) is 11.7. The molecule has 2 aromatic rings. The third-order valence-corrected chi connectivity index (χ3v) is 5.65. The third-order valence-electron chi connectivity index (χ3n) is 5.65. The molecule has 0 unspecified atom stereocenters. The van der Waals surface area contributed by atoms with Crippen LogP contribution >= 0.6 is 0 Å². The number of hydrogen-bond donors (Lipinski definition) is 6. The van der Waals surface area contributed by atoms with Crippen LogP contribution in [0.15, 0.2) is 30.5 Å². The van der Waals surface area contributed by atoms with Gasteiger partial charge in [-0.1, -0.05) is 0 Å². The van der Waals surface area contributed by atoms with E-state index in [4.69, 9.17) is 44.9 Å². The van der Waals surface area contributed by atoms with Gasteiger partial charge in [0.05, 0.1) is 18.2 Å². The van der Waals surface area contributed by atoms with Crippen molar-refractivity contribution in [1.29, 1.82) is 5.26 Å². The maximum Gasteiger partial charge on any atom is 0.414 e. The zero-order chi connectivity index (χ0) is 29.9. The minimum Gasteiger partial charge on any atom is -0.473 e. The van der Waals surface area contributed by atoms with Crippen LogP contribution in [0.25, 0.3) is 0 Å². The molecule has 0 aromatic carbocycles. The van der Waals surface area contributed by atoms with Gasteiger partial charge in [-0.3, -0.25) is 0 Å². The molecule has 4 rings (SSSR count). The molecule has 0 amide bonds. The summed E-state index contributed by atoms with van der Waals surface area (Å²) in [6.45, 7) is 1.87. The van der Waals surface area contributed by atoms with Crippen molar-refractivity contribution in [2.75, 3.05) is 36.4 Å². The van der Waals surface area contributed by atoms with Crippen LogP contribution < -0.4 is 15.5 Å². The Morgan fingerprint density at radius 1 is 1.00 bits per heavy atom. The third kappa shape index (κ3) is 10.1. The van der Waals surface area contributed by atoms with E-state index in [-0.39, 0.29) is 19.5 Å². The van der Waals surface area contributed by atoms with Crippen LogP contribution in [0.2, 0.25) is 0 Å². The van der Waals surface area contributed by atoms with E-state index in [0.717, 1.165) is 31.5 Å². The molecule has 214 valence electrons. The molecule has 14 nitrogen and oxygen atoms in total. The molecule has 0 radical (unpaired) electrons. The molecular formula is C24H26F2N6O8. The van der Waals surface area contributed by atoms with Gasteiger partial charge in [0.15, 0.2) is 0 Å². The molecule has 2 saturated heterocycles. The van der Waals surface area contributed by atoms with Crippen LogP contribution in [0.5, 0.6) is 0 Å². The number of anilines is 3. The second-order valence-corrected chi connectivity index (χ2v) is 8.58. The Morgan fingerprint density at radius 3 is 2.10 bits per heavy atom. The van der Waals surface area contributed by atoms with Gasteiger partial charge in [0.2, 0.25) is 0 Å². The van der Waals surface area contributed by atoms with E-state index >= 15 is 0 Å². The standard InChI is InChI=1S/C20H22F2N6.2C2H2O4/c21-20(22)4-8-28(13-20)19-11-16(15-2-5-24-6-3-15)10-18(27-19)26-17-9-14(12-23)1-7-25-17;2*3-1(4)2(5)6/h1,7,9-11,15,24H,2-6,8,13H2,(H,25,26,27);2*(H,3,4)(H,5,6). The van der Waals surface area contributed by atoms with Crippen molar-refractivity contribution in [3.05, 3.63) is 41.6 Å². The number of halogens is 2. The van der Waals surface area contributed by atoms with Gasteiger partial charge >= 0.3 is 23.9 Å². The maximum atomic E-state index is 13.7. The van der Waals surface area contributed by atoms with E-state index in [1.807, 2.05) is 12.1 Å². The number of rotatable bonds is 4. The fourth-order valence-electron chi connectivity index (χ4n) is 3.78. The Hall–Kier alpha value is -4.91. The lowest BCUT2D eigenvalue weighted by molar-refractivity contribution is -0.159. The van der Waals surface area contributed by atoms with E-state index in [2.05, 4.69) is 26.7 Å². The van der Waals surface area contributed by atoms with Crippen LogP contribution in [0.1, 0.15) is 36.3 Å². The summed E-state index contributed by atoms with van der Waals surface area (Å²) in [6.07, 6.45) is 3.41. The fraction of sp³-hybridized carbons (Fsp3) is 0.375. The molecule has 2 aromatic heterocycles. The normalized spacial score (nSPS) is 15.8. The van der Waals surface area contributed by atoms with Crippen LogP contribution in [0.3, 0.4) is 0 Å². The van der Waals surface area contributed by atoms with Crippen molar-refractivity contribution >= 4 is 41.3 Å². The number of nitrogens with zero attached hydrogens (tertiary/aromatic N) is 4. The number of aliphatic carboxylic acids is 4. The first kappa shape index (κ1) is 31.3. The summed E-state index contributed by atoms with van der Waals surface area (Å²) < 4.78 is 27.5. The Balaban J connectivity index is 0.000000393. The topological polar surface area (TPSA) is 226 Å². The number of hydrogen-bond acceptors (Lipinski definition) is 10. The van der Waals surface area contributed by atoms with Crippen molar-refractivity contribution in [2.24, 2.45) is 0 Å². The highest BCUT2D eigenvalue weighted by molar-refractivity contribution is 6.27. The molecule has 40 heavy (non-hydrogen) atoms. The molecule has 0 aliphatic carbocycles. The minimum absolute atomic E-state index is 0.152. The average molecular weight is 565 g/mol. The Labute approximate surface area is 225 Å². The van der Waals surface area contributed by atoms with E-state index < -0.39 is 29.8 Å². The molecule has 0 bridgehead atoms. The number of carboxylic acids is 4. The van der Waals surface area contributed by atoms with E-state index in [1.54, 1.807) is 23.2 Å². The molecule has 2 aliphatic heterocycles. The second kappa shape index (κ2) is 14.3. The number of aromatic nitrogens is 2. The predicted molar refractivity (Wildman–Crippen MR) is 134 cm³/mol. The summed E-state index contributed by atoms with van der Waals surface area (Å²) in [5, 5.41) is 45.1. The van der Waals surface area contributed by atoms with Crippen molar-refractivity contribution in [2.45, 2.75) is 31.1 Å². The highest BCUT2D eigenvalue weighted by atomic mass is 19.3. The zero-order valence-corrected chi connectivity index (χ0v) is 20.9. The highest BCUT2D eigenvalue weighted by Gasteiger charge is 2.39. The lowest BCUT2D eigenvalue weighted by Crippen LogP contribution is -2.28. The Morgan fingerprint density at radius 2 is 1.60 bits per heavy atom. The first-order chi connectivity index (χ1) is 18.8. The lowest BCUT2D eigenvalue weighted by atomic mass is 9.90. The molecule has 4 heterocycles. The molecule has 0 atom stereocenters. The van der Waals surface area contributed by atoms with Crippen molar-refractivity contribution in [1.82, 2.24) is 15.3 Å². The smallest absolute Gasteiger partial charge is 0.414 e. The number of nitrogens with one attached hydrogen (secondary N) is 2. The molecule has 2 aliphatic rings. The number of piperidine rings is 1. The summed E-state index contributed by atoms with van der Waals surface area (Å²) in [5.74, 6) is -7.98. The molecule has 16 heteroatoms. The number of nitriles is 1. The van der Waals surface area contributed by atoms with Crippen molar-refractivity contribution in [3.63, 3.8) is 0 Å². The Bertz CT molecular complexity index is 1230. The van der Waals surface area contributed by atoms with Gasteiger partial charge in [-0.05, 0) is 61.7 Å². The van der Waals surface area contributed by atoms with E-state index in [9.17, 15) is 8.78 Å². The van der Waals surface area contributed by atoms with Gasteiger partial charge < -0.3 is 36.0 Å². The first-order valence-electron chi connectivity index (χ1n) is 11.7. The summed E-state index contributed by atoms with van der Waals surface area (Å²) in [4.78, 5) is 46.8. The van der Waals surface area contributed by atoms with Crippen molar-refractivity contribution in [3.8, 4) is 6.07 Å². The molecule has 0 saturated carbocycles. The van der Waals surface area contributed by atoms with Gasteiger partial charge in [0.25, 0.3) is 5.92 Å². The summed E-state index contributed by atoms with van der Waals surface area (Å²) in [7, 11) is 0. The Kier molecular flexibility index (Phi) is 11.2. The number of carbonyl (C=O) groups is 4. The quantitative estimate of drug-likeness (QED) is 0.291. The molecular weight excluding hydrogens is 538 g/mol. The van der Waals surface area contributed by atoms with E-state index in [1.165, 1.54) is 0 Å². The van der Waals surface area contributed by atoms with Gasteiger partial charge in [-0.25, -0.2) is 37.9 Å². The second-order valence-electron chi connectivity index (χ2n) is 8.58. The zero-order valence-electron chi connectivity index (χ0n) is 20.9. The van der Waals surface area contributed by atoms with Crippen LogP contribution in [0.4, 0.5) is 26.2 Å². The summed E-state index contributed by atoms with van der Waals surface area (Å²) in [6, 6.07) is 9.26. The highest BCUT2D eigenvalue weighted by Crippen LogP contribution is 2.34. The summed E-state index contributed by atoms with van der Waals surface area (Å²) in [5.41, 5.74) is 1.59. The average Bonchev–Trinajstić information content (AvgIpc) is 3.29. The molecule has 6 N–H and O–H groups in total. The van der Waals surface area contributed by atoms with Crippen LogP contribution in [-0.2, 0) is 19.2 Å². The lowest BCUT2D eigenvalue weighted by Gasteiger charge is -2.25. The maximum absolute atomic E-state index is 13.7. The van der Waals surface area contributed by atoms with E-state index in [0.29, 0.717) is 28.9 Å². The van der Waals surface area contributed by atoms with Gasteiger partial charge in [0.1, 0.15) is 17.5 Å². The number of carboxylic acid groups (broad SMARTS) is 4. The van der Waals surface area contributed by atoms with Crippen molar-refractivity contribution < 1.29 is 48.4 Å². The summed E-state index contributed by atoms with van der Waals surface area (Å²) >= 11 is 0. The largest absolute Gasteiger partial charge is 0.473 e. The number of alkyl halides is 2. The predicted octanol–water partition coefficient (Wildman–Crippen LogP) is 1.72. The van der Waals surface area contributed by atoms with Gasteiger partial charge in [0, 0.05) is 19.2 Å². The minimum atomic E-state index is -2.68. The van der Waals surface area contributed by atoms with Crippen LogP contribution in [-0.4, -0.2) is 86.4 Å². The molecule has 2 fully saturated rings. The SMILES string of the molecule is N#Cc1ccnc(Nc2cc(C3CCNCC3)cc(N3CCC(F)(F)C3)n2)c1.O=C(O)C(=O)O.O=C(O)C(=O)O. The number of pyridine rings is 2. The van der Waals surface area contributed by atoms with Crippen LogP contribution in [0, 0.1) is 11.3 Å². The van der Waals surface area contributed by atoms with Gasteiger partial charge in [-0.15, -0.1) is 0 Å². The fourth-order valence-corrected chi connectivity index (χ4v) is 3.78. The molecule has 0 spiro atoms. The monoisotopic (exact) mass is 564 g/mol. The van der Waals surface area contributed by atoms with Gasteiger partial charge in [-0.2, -0.15) is 5.26 Å².